The highest BCUT2D eigenvalue weighted by atomic mass is 19.1. The molecule has 0 aromatic heterocycles. The largest absolute Gasteiger partial charge is 0.394 e. The van der Waals surface area contributed by atoms with Crippen molar-refractivity contribution >= 4 is 11.7 Å². The van der Waals surface area contributed by atoms with Crippen LogP contribution in [0, 0.1) is 11.7 Å². The molecule has 0 bridgehead atoms. The molecule has 116 valence electrons. The van der Waals surface area contributed by atoms with Crippen LogP contribution in [-0.4, -0.2) is 29.4 Å². The summed E-state index contributed by atoms with van der Waals surface area (Å²) in [6, 6.07) is 4.98. The summed E-state index contributed by atoms with van der Waals surface area (Å²) in [6.45, 7) is 3.90. The highest BCUT2D eigenvalue weighted by Crippen LogP contribution is 2.08. The first-order chi connectivity index (χ1) is 9.92. The van der Waals surface area contributed by atoms with Crippen LogP contribution in [0.3, 0.4) is 0 Å². The van der Waals surface area contributed by atoms with E-state index in [-0.39, 0.29) is 37.2 Å². The van der Waals surface area contributed by atoms with Crippen molar-refractivity contribution in [2.45, 2.75) is 39.2 Å². The number of nitrogens with one attached hydrogen (secondary N) is 1. The zero-order chi connectivity index (χ0) is 15.8. The number of amides is 1. The number of rotatable bonds is 8. The van der Waals surface area contributed by atoms with Crippen LogP contribution in [0.4, 0.5) is 4.39 Å². The van der Waals surface area contributed by atoms with Crippen LogP contribution in [0.25, 0.3) is 0 Å². The van der Waals surface area contributed by atoms with Gasteiger partial charge in [-0.15, -0.1) is 0 Å². The molecule has 0 aliphatic heterocycles. The van der Waals surface area contributed by atoms with Crippen molar-refractivity contribution in [1.29, 1.82) is 0 Å². The normalized spacial score (nSPS) is 12.2. The number of aliphatic hydroxyl groups is 1. The molecule has 0 spiro atoms. The van der Waals surface area contributed by atoms with E-state index in [1.165, 1.54) is 24.3 Å². The highest BCUT2D eigenvalue weighted by molar-refractivity contribution is 5.97. The van der Waals surface area contributed by atoms with E-state index in [1.807, 2.05) is 13.8 Å². The van der Waals surface area contributed by atoms with Crippen LogP contribution in [0.1, 0.15) is 43.5 Å². The van der Waals surface area contributed by atoms with Crippen molar-refractivity contribution in [2.75, 3.05) is 6.61 Å². The van der Waals surface area contributed by atoms with Gasteiger partial charge in [-0.2, -0.15) is 0 Å². The lowest BCUT2D eigenvalue weighted by molar-refractivity contribution is -0.122. The van der Waals surface area contributed by atoms with E-state index >= 15 is 0 Å². The molecule has 2 N–H and O–H groups in total. The minimum absolute atomic E-state index is 0.0603. The predicted molar refractivity (Wildman–Crippen MR) is 78.4 cm³/mol. The molecule has 0 heterocycles. The molecule has 4 nitrogen and oxygen atoms in total. The quantitative estimate of drug-likeness (QED) is 0.723. The van der Waals surface area contributed by atoms with Crippen molar-refractivity contribution in [3.8, 4) is 0 Å². The van der Waals surface area contributed by atoms with Gasteiger partial charge in [0.25, 0.3) is 0 Å². The van der Waals surface area contributed by atoms with Crippen LogP contribution in [0.2, 0.25) is 0 Å². The molecular formula is C16H22FNO3. The molecule has 0 aliphatic carbocycles. The van der Waals surface area contributed by atoms with E-state index in [4.69, 9.17) is 0 Å². The van der Waals surface area contributed by atoms with E-state index in [9.17, 15) is 19.1 Å². The van der Waals surface area contributed by atoms with Crippen LogP contribution >= 0.6 is 0 Å². The van der Waals surface area contributed by atoms with Crippen molar-refractivity contribution in [3.63, 3.8) is 0 Å². The van der Waals surface area contributed by atoms with Gasteiger partial charge in [0.2, 0.25) is 5.91 Å². The van der Waals surface area contributed by atoms with E-state index in [0.717, 1.165) is 0 Å². The number of hydrogen-bond acceptors (Lipinski definition) is 3. The Morgan fingerprint density at radius 1 is 1.19 bits per heavy atom. The minimum Gasteiger partial charge on any atom is -0.394 e. The molecule has 5 heteroatoms. The Labute approximate surface area is 124 Å². The number of benzene rings is 1. The first-order valence-corrected chi connectivity index (χ1v) is 7.11. The molecule has 21 heavy (non-hydrogen) atoms. The number of carbonyl (C=O) groups excluding carboxylic acids is 2. The second-order valence-electron chi connectivity index (χ2n) is 5.51. The maximum absolute atomic E-state index is 12.8. The van der Waals surface area contributed by atoms with Gasteiger partial charge in [0.05, 0.1) is 12.6 Å². The number of carbonyl (C=O) groups is 2. The summed E-state index contributed by atoms with van der Waals surface area (Å²) in [5.41, 5.74) is 0.394. The standard InChI is InChI=1S/C16H22FNO3/c1-11(2)9-14(10-19)18-16(21)8-7-15(20)12-3-5-13(17)6-4-12/h3-6,11,14,19H,7-10H2,1-2H3,(H,18,21). The van der Waals surface area contributed by atoms with E-state index in [0.29, 0.717) is 17.9 Å². The number of halogens is 1. The SMILES string of the molecule is CC(C)CC(CO)NC(=O)CCC(=O)c1ccc(F)cc1. The number of Topliss-reactive ketones (excluding diaryl/α,β-unsaturated/α-hetero) is 1. The predicted octanol–water partition coefficient (Wildman–Crippen LogP) is 2.31. The minimum atomic E-state index is -0.399. The molecular weight excluding hydrogens is 273 g/mol. The summed E-state index contributed by atoms with van der Waals surface area (Å²) < 4.78 is 12.8. The Morgan fingerprint density at radius 3 is 2.33 bits per heavy atom. The molecule has 0 radical (unpaired) electrons. The number of ketones is 1. The molecule has 1 aromatic carbocycles. The van der Waals surface area contributed by atoms with Gasteiger partial charge in [-0.1, -0.05) is 13.8 Å². The van der Waals surface area contributed by atoms with Crippen LogP contribution < -0.4 is 5.32 Å². The Kier molecular flexibility index (Phi) is 7.02. The molecule has 0 saturated carbocycles. The molecule has 1 rings (SSSR count). The molecule has 0 fully saturated rings. The average molecular weight is 295 g/mol. The van der Waals surface area contributed by atoms with Gasteiger partial charge in [0, 0.05) is 18.4 Å². The van der Waals surface area contributed by atoms with Gasteiger partial charge in [-0.05, 0) is 36.6 Å². The van der Waals surface area contributed by atoms with Crippen LogP contribution in [-0.2, 0) is 4.79 Å². The van der Waals surface area contributed by atoms with Gasteiger partial charge in [0.15, 0.2) is 5.78 Å². The lowest BCUT2D eigenvalue weighted by atomic mass is 10.0. The second-order valence-corrected chi connectivity index (χ2v) is 5.51. The summed E-state index contributed by atoms with van der Waals surface area (Å²) >= 11 is 0. The fourth-order valence-electron chi connectivity index (χ4n) is 2.06. The average Bonchev–Trinajstić information content (AvgIpc) is 2.44. The second kappa shape index (κ2) is 8.52. The topological polar surface area (TPSA) is 66.4 Å². The maximum atomic E-state index is 12.8. The lowest BCUT2D eigenvalue weighted by Gasteiger charge is -2.18. The van der Waals surface area contributed by atoms with Crippen LogP contribution in [0.15, 0.2) is 24.3 Å². The van der Waals surface area contributed by atoms with Crippen molar-refractivity contribution < 1.29 is 19.1 Å². The summed E-state index contributed by atoms with van der Waals surface area (Å²) in [5.74, 6) is -0.494. The van der Waals surface area contributed by atoms with Crippen molar-refractivity contribution in [2.24, 2.45) is 5.92 Å². The van der Waals surface area contributed by atoms with Crippen molar-refractivity contribution in [3.05, 3.63) is 35.6 Å². The number of hydrogen-bond donors (Lipinski definition) is 2. The lowest BCUT2D eigenvalue weighted by Crippen LogP contribution is -2.38. The Hall–Kier alpha value is -1.75. The molecule has 0 saturated heterocycles. The number of aliphatic hydroxyl groups excluding tert-OH is 1. The van der Waals surface area contributed by atoms with Gasteiger partial charge >= 0.3 is 0 Å². The van der Waals surface area contributed by atoms with Gasteiger partial charge in [-0.3, -0.25) is 9.59 Å². The molecule has 1 aromatic rings. The maximum Gasteiger partial charge on any atom is 0.220 e. The third-order valence-electron chi connectivity index (χ3n) is 3.09. The first kappa shape index (κ1) is 17.3. The van der Waals surface area contributed by atoms with Gasteiger partial charge in [-0.25, -0.2) is 4.39 Å². The Morgan fingerprint density at radius 2 is 1.81 bits per heavy atom. The summed E-state index contributed by atoms with van der Waals surface area (Å²) in [6.07, 6.45) is 0.816. The summed E-state index contributed by atoms with van der Waals surface area (Å²) in [5, 5.41) is 11.9. The molecule has 1 atom stereocenters. The third kappa shape index (κ3) is 6.49. The fraction of sp³-hybridized carbons (Fsp3) is 0.500. The zero-order valence-corrected chi connectivity index (χ0v) is 12.4. The summed E-state index contributed by atoms with van der Waals surface area (Å²) in [4.78, 5) is 23.6. The monoisotopic (exact) mass is 295 g/mol. The van der Waals surface area contributed by atoms with E-state index in [1.54, 1.807) is 0 Å². The first-order valence-electron chi connectivity index (χ1n) is 7.11. The molecule has 1 amide bonds. The van der Waals surface area contributed by atoms with Crippen LogP contribution in [0.5, 0.6) is 0 Å². The van der Waals surface area contributed by atoms with E-state index < -0.39 is 5.82 Å². The Bertz CT molecular complexity index is 471. The Balaban J connectivity index is 2.41. The van der Waals surface area contributed by atoms with Gasteiger partial charge < -0.3 is 10.4 Å². The smallest absolute Gasteiger partial charge is 0.220 e. The van der Waals surface area contributed by atoms with E-state index in [2.05, 4.69) is 5.32 Å². The zero-order valence-electron chi connectivity index (χ0n) is 12.4. The fourth-order valence-corrected chi connectivity index (χ4v) is 2.06. The van der Waals surface area contributed by atoms with Crippen molar-refractivity contribution in [1.82, 2.24) is 5.32 Å². The highest BCUT2D eigenvalue weighted by Gasteiger charge is 2.14. The summed E-state index contributed by atoms with van der Waals surface area (Å²) in [7, 11) is 0. The molecule has 0 aliphatic rings. The molecule has 1 unspecified atom stereocenters. The van der Waals surface area contributed by atoms with Gasteiger partial charge in [0.1, 0.15) is 5.82 Å². The third-order valence-corrected chi connectivity index (χ3v) is 3.09.